The second kappa shape index (κ2) is 6.12. The lowest BCUT2D eigenvalue weighted by Crippen LogP contribution is -2.45. The molecule has 2 aliphatic rings. The second-order valence-electron chi connectivity index (χ2n) is 6.86. The Bertz CT molecular complexity index is 805. The summed E-state index contributed by atoms with van der Waals surface area (Å²) in [5, 5.41) is 10.7. The maximum Gasteiger partial charge on any atom is 0.199 e. The van der Waals surface area contributed by atoms with Crippen molar-refractivity contribution in [3.05, 3.63) is 41.0 Å². The molecule has 0 spiro atoms. The summed E-state index contributed by atoms with van der Waals surface area (Å²) >= 11 is 0. The zero-order valence-corrected chi connectivity index (χ0v) is 14.4. The van der Waals surface area contributed by atoms with Crippen LogP contribution < -0.4 is 16.8 Å². The Labute approximate surface area is 146 Å². The third-order valence-corrected chi connectivity index (χ3v) is 4.90. The number of fused-ring (bicyclic) bond motifs is 1. The molecule has 4 rings (SSSR count). The third-order valence-electron chi connectivity index (χ3n) is 4.90. The molecule has 25 heavy (non-hydrogen) atoms. The number of nitrogens with zero attached hydrogens (tertiary/aromatic N) is 4. The molecule has 0 radical (unpaired) electrons. The van der Waals surface area contributed by atoms with Crippen LogP contribution in [0.15, 0.2) is 23.3 Å². The first-order chi connectivity index (χ1) is 12.1. The van der Waals surface area contributed by atoms with Crippen LogP contribution in [0.25, 0.3) is 0 Å². The van der Waals surface area contributed by atoms with Gasteiger partial charge in [-0.1, -0.05) is 6.42 Å². The van der Waals surface area contributed by atoms with Crippen LogP contribution in [-0.2, 0) is 12.2 Å². The summed E-state index contributed by atoms with van der Waals surface area (Å²) < 4.78 is 0. The van der Waals surface area contributed by atoms with Gasteiger partial charge >= 0.3 is 0 Å². The van der Waals surface area contributed by atoms with Crippen molar-refractivity contribution in [2.24, 2.45) is 16.5 Å². The van der Waals surface area contributed by atoms with E-state index in [1.165, 1.54) is 19.3 Å². The van der Waals surface area contributed by atoms with Crippen molar-refractivity contribution in [3.63, 3.8) is 0 Å². The number of nitrogens with two attached hydrogens (primary N) is 2. The molecular formula is C17H24N8. The van der Waals surface area contributed by atoms with Crippen LogP contribution >= 0.6 is 0 Å². The van der Waals surface area contributed by atoms with E-state index in [2.05, 4.69) is 30.4 Å². The van der Waals surface area contributed by atoms with Gasteiger partial charge in [0.25, 0.3) is 0 Å². The lowest BCUT2D eigenvalue weighted by atomic mass is 9.98. The Hall–Kier alpha value is -2.45. The number of aromatic amines is 1. The van der Waals surface area contributed by atoms with Crippen LogP contribution in [0, 0.1) is 6.92 Å². The molecule has 4 heterocycles. The van der Waals surface area contributed by atoms with Gasteiger partial charge in [0.2, 0.25) is 0 Å². The molecule has 1 unspecified atom stereocenters. The highest BCUT2D eigenvalue weighted by molar-refractivity contribution is 5.96. The topological polar surface area (TPSA) is 121 Å². The molecule has 1 saturated heterocycles. The van der Waals surface area contributed by atoms with Gasteiger partial charge in [-0.05, 0) is 50.6 Å². The van der Waals surface area contributed by atoms with E-state index in [-0.39, 0.29) is 5.96 Å². The molecule has 8 nitrogen and oxygen atoms in total. The zero-order valence-electron chi connectivity index (χ0n) is 14.4. The molecule has 2 aromatic rings. The average molecular weight is 340 g/mol. The fourth-order valence-corrected chi connectivity index (χ4v) is 3.57. The van der Waals surface area contributed by atoms with Gasteiger partial charge < -0.3 is 11.1 Å². The number of nitrogens with one attached hydrogen (secondary N) is 2. The van der Waals surface area contributed by atoms with E-state index < -0.39 is 5.66 Å². The van der Waals surface area contributed by atoms with E-state index in [9.17, 15) is 0 Å². The molecule has 8 heteroatoms. The van der Waals surface area contributed by atoms with Crippen LogP contribution in [0.5, 0.6) is 0 Å². The van der Waals surface area contributed by atoms with Crippen LogP contribution in [0.3, 0.4) is 0 Å². The molecule has 2 aliphatic heterocycles. The molecule has 0 bridgehead atoms. The Morgan fingerprint density at radius 3 is 2.84 bits per heavy atom. The molecule has 1 atom stereocenters. The number of hydrogen-bond donors (Lipinski definition) is 4. The van der Waals surface area contributed by atoms with Crippen molar-refractivity contribution in [2.45, 2.75) is 38.4 Å². The number of rotatable bonds is 3. The molecule has 6 N–H and O–H groups in total. The Morgan fingerprint density at radius 1 is 1.28 bits per heavy atom. The summed E-state index contributed by atoms with van der Waals surface area (Å²) in [5.74, 6) is 0.277. The van der Waals surface area contributed by atoms with Crippen LogP contribution in [0.4, 0.5) is 5.69 Å². The highest BCUT2D eigenvalue weighted by Gasteiger charge is 2.40. The molecule has 1 fully saturated rings. The summed E-state index contributed by atoms with van der Waals surface area (Å²) in [5.41, 5.74) is 15.7. The number of piperidine rings is 1. The molecule has 0 aliphatic carbocycles. The number of likely N-dealkylation sites (tertiary alicyclic amines) is 1. The number of aryl methyl sites for hydroxylation is 1. The summed E-state index contributed by atoms with van der Waals surface area (Å²) in [6.07, 6.45) is 5.50. The van der Waals surface area contributed by atoms with Crippen molar-refractivity contribution in [2.75, 3.05) is 18.4 Å². The van der Waals surface area contributed by atoms with Crippen molar-refractivity contribution in [3.8, 4) is 0 Å². The normalized spacial score (nSPS) is 23.7. The van der Waals surface area contributed by atoms with Gasteiger partial charge in [0.1, 0.15) is 11.4 Å². The van der Waals surface area contributed by atoms with Crippen molar-refractivity contribution in [1.82, 2.24) is 20.1 Å². The predicted octanol–water partition coefficient (Wildman–Crippen LogP) is 0.999. The first-order valence-electron chi connectivity index (χ1n) is 8.71. The number of H-pyrrole nitrogens is 1. The average Bonchev–Trinajstić information content (AvgIpc) is 2.99. The first kappa shape index (κ1) is 16.0. The van der Waals surface area contributed by atoms with Crippen LogP contribution in [-0.4, -0.2) is 39.1 Å². The number of guanidine groups is 1. The van der Waals surface area contributed by atoms with E-state index in [0.717, 1.165) is 36.6 Å². The predicted molar refractivity (Wildman–Crippen MR) is 96.9 cm³/mol. The highest BCUT2D eigenvalue weighted by atomic mass is 15.3. The molecule has 0 aromatic carbocycles. The summed E-state index contributed by atoms with van der Waals surface area (Å²) in [6.45, 7) is 4.96. The van der Waals surface area contributed by atoms with E-state index >= 15 is 0 Å². The number of pyridine rings is 1. The largest absolute Gasteiger partial charge is 0.370 e. The monoisotopic (exact) mass is 340 g/mol. The smallest absolute Gasteiger partial charge is 0.199 e. The zero-order chi connectivity index (χ0) is 17.4. The van der Waals surface area contributed by atoms with Crippen LogP contribution in [0.2, 0.25) is 0 Å². The second-order valence-corrected chi connectivity index (χ2v) is 6.86. The minimum atomic E-state index is -1.16. The number of hydrogen-bond acceptors (Lipinski definition) is 7. The molecular weight excluding hydrogens is 316 g/mol. The first-order valence-corrected chi connectivity index (χ1v) is 8.71. The Kier molecular flexibility index (Phi) is 3.93. The fourth-order valence-electron chi connectivity index (χ4n) is 3.57. The van der Waals surface area contributed by atoms with Gasteiger partial charge in [0.15, 0.2) is 11.6 Å². The van der Waals surface area contributed by atoms with Gasteiger partial charge in [-0.25, -0.2) is 4.99 Å². The van der Waals surface area contributed by atoms with E-state index in [4.69, 9.17) is 11.5 Å². The van der Waals surface area contributed by atoms with Gasteiger partial charge in [-0.2, -0.15) is 5.10 Å². The molecule has 2 aromatic heterocycles. The lowest BCUT2D eigenvalue weighted by Gasteiger charge is -2.30. The molecule has 0 saturated carbocycles. The Balaban J connectivity index is 1.71. The molecule has 132 valence electrons. The summed E-state index contributed by atoms with van der Waals surface area (Å²) in [7, 11) is 0. The van der Waals surface area contributed by atoms with Gasteiger partial charge in [0.05, 0.1) is 11.4 Å². The number of anilines is 1. The van der Waals surface area contributed by atoms with E-state index in [0.29, 0.717) is 11.4 Å². The highest BCUT2D eigenvalue weighted by Crippen LogP contribution is 2.36. The summed E-state index contributed by atoms with van der Waals surface area (Å²) in [4.78, 5) is 11.3. The number of aliphatic imine (C=N–C) groups is 1. The minimum absolute atomic E-state index is 0.277. The van der Waals surface area contributed by atoms with Gasteiger partial charge in [0, 0.05) is 12.7 Å². The number of aromatic nitrogens is 3. The van der Waals surface area contributed by atoms with E-state index in [1.54, 1.807) is 6.20 Å². The molecule has 0 amide bonds. The van der Waals surface area contributed by atoms with Gasteiger partial charge in [-0.3, -0.25) is 20.7 Å². The van der Waals surface area contributed by atoms with Crippen molar-refractivity contribution < 1.29 is 0 Å². The third kappa shape index (κ3) is 2.87. The lowest BCUT2D eigenvalue weighted by molar-refractivity contribution is 0.219. The summed E-state index contributed by atoms with van der Waals surface area (Å²) in [6, 6.07) is 3.85. The van der Waals surface area contributed by atoms with E-state index in [1.807, 2.05) is 19.1 Å². The Morgan fingerprint density at radius 2 is 2.08 bits per heavy atom. The fraction of sp³-hybridized carbons (Fsp3) is 0.471. The quantitative estimate of drug-likeness (QED) is 0.661. The standard InChI is InChI=1S/C17H24N8/c1-11-5-6-20-13(9-11)17(19)15-14(21-16(18)22-17)12(23-24-15)10-25-7-3-2-4-8-25/h5-6,9H,2-4,7-8,10,19H2,1H3,(H,23,24)(H3,18,21,22). The maximum atomic E-state index is 6.64. The SMILES string of the molecule is Cc1ccnc(C2(N)N=C(N)Nc3c(CN4CCCCC4)n[nH]c32)c1. The maximum absolute atomic E-state index is 6.64. The minimum Gasteiger partial charge on any atom is -0.370 e. The van der Waals surface area contributed by atoms with Gasteiger partial charge in [-0.15, -0.1) is 0 Å². The van der Waals surface area contributed by atoms with Crippen molar-refractivity contribution in [1.29, 1.82) is 0 Å². The van der Waals surface area contributed by atoms with Crippen LogP contribution in [0.1, 0.15) is 41.9 Å². The van der Waals surface area contributed by atoms with Crippen molar-refractivity contribution >= 4 is 11.6 Å².